The van der Waals surface area contributed by atoms with E-state index >= 15 is 0 Å². The molecule has 0 aliphatic carbocycles. The Morgan fingerprint density at radius 1 is 0.462 bits per heavy atom. The Bertz CT molecular complexity index is 137. The van der Waals surface area contributed by atoms with Gasteiger partial charge < -0.3 is 0 Å². The highest BCUT2D eigenvalue weighted by Crippen LogP contribution is 2.40. The quantitative estimate of drug-likeness (QED) is 0.446. The summed E-state index contributed by atoms with van der Waals surface area (Å²) in [4.78, 5) is 0. The first kappa shape index (κ1) is 12.9. The predicted molar refractivity (Wildman–Crippen MR) is 23.9 cm³/mol. The molecular formula is C3AlF9. The van der Waals surface area contributed by atoms with Crippen LogP contribution in [0.5, 0.6) is 0 Å². The Hall–Kier alpha value is -0.0975. The number of alkyl halides is 9. The van der Waals surface area contributed by atoms with E-state index in [1.165, 1.54) is 0 Å². The summed E-state index contributed by atoms with van der Waals surface area (Å²) in [6.07, 6.45) is 0. The second-order valence-electron chi connectivity index (χ2n) is 2.06. The average molecular weight is 234 g/mol. The second-order valence-corrected chi connectivity index (χ2v) is 4.89. The highest BCUT2D eigenvalue weighted by atomic mass is 27.2. The van der Waals surface area contributed by atoms with Crippen molar-refractivity contribution < 1.29 is 39.5 Å². The number of halogens is 9. The summed E-state index contributed by atoms with van der Waals surface area (Å²) < 4.78 is 102. The van der Waals surface area contributed by atoms with Crippen molar-refractivity contribution >= 4 is 14.1 Å². The van der Waals surface area contributed by atoms with Gasteiger partial charge >= 0.3 is 29.3 Å². The van der Waals surface area contributed by atoms with Gasteiger partial charge in [-0.2, -0.15) is 39.5 Å². The van der Waals surface area contributed by atoms with Crippen LogP contribution in [-0.2, 0) is 0 Å². The van der Waals surface area contributed by atoms with Gasteiger partial charge in [-0.15, -0.1) is 0 Å². The minimum Gasteiger partial charge on any atom is -0.190 e. The molecule has 13 heavy (non-hydrogen) atoms. The third-order valence-electron chi connectivity index (χ3n) is 0.982. The SMILES string of the molecule is F[C](F)(F)[Al]([C](F)(F)F)[C](F)(F)F. The number of rotatable bonds is 0. The van der Waals surface area contributed by atoms with Gasteiger partial charge in [0.15, 0.2) is 0 Å². The monoisotopic (exact) mass is 234 g/mol. The van der Waals surface area contributed by atoms with Gasteiger partial charge in [-0.05, 0) is 0 Å². The lowest BCUT2D eigenvalue weighted by Gasteiger charge is -2.19. The van der Waals surface area contributed by atoms with Crippen LogP contribution in [0.25, 0.3) is 0 Å². The molecule has 0 aromatic rings. The fraction of sp³-hybridized carbons (Fsp3) is 1.00. The Balaban J connectivity index is 5.02. The molecule has 10 heteroatoms. The van der Waals surface area contributed by atoms with Gasteiger partial charge in [0.1, 0.15) is 0 Å². The molecule has 0 amide bonds. The summed E-state index contributed by atoms with van der Waals surface area (Å²) >= 11 is -6.80. The lowest BCUT2D eigenvalue weighted by atomic mass is 11.4. The van der Waals surface area contributed by atoms with Crippen LogP contribution in [-0.4, -0.2) is 29.3 Å². The first-order chi connectivity index (χ1) is 5.37. The first-order valence-corrected chi connectivity index (χ1v) is 4.30. The summed E-state index contributed by atoms with van der Waals surface area (Å²) in [5.74, 6) is 0. The van der Waals surface area contributed by atoms with Crippen LogP contribution in [0.2, 0.25) is 0 Å². The van der Waals surface area contributed by atoms with Gasteiger partial charge in [0.2, 0.25) is 0 Å². The van der Waals surface area contributed by atoms with Crippen molar-refractivity contribution in [2.24, 2.45) is 0 Å². The molecule has 0 bridgehead atoms. The van der Waals surface area contributed by atoms with Gasteiger partial charge in [0.25, 0.3) is 0 Å². The van der Waals surface area contributed by atoms with E-state index in [9.17, 15) is 39.5 Å². The molecule has 0 aromatic heterocycles. The molecular weight excluding hydrogens is 234 g/mol. The van der Waals surface area contributed by atoms with E-state index in [2.05, 4.69) is 0 Å². The van der Waals surface area contributed by atoms with E-state index < -0.39 is 29.3 Å². The summed E-state index contributed by atoms with van der Waals surface area (Å²) in [5, 5.41) is -18.7. The minimum absolute atomic E-state index is 6.23. The molecule has 0 spiro atoms. The van der Waals surface area contributed by atoms with E-state index in [4.69, 9.17) is 0 Å². The molecule has 0 fully saturated rings. The fourth-order valence-corrected chi connectivity index (χ4v) is 1.67. The molecule has 0 atom stereocenters. The summed E-state index contributed by atoms with van der Waals surface area (Å²) in [6.45, 7) is 0. The maximum absolute atomic E-state index is 11.3. The molecule has 0 aliphatic rings. The van der Waals surface area contributed by atoms with Crippen LogP contribution in [0.4, 0.5) is 39.5 Å². The van der Waals surface area contributed by atoms with Gasteiger partial charge in [-0.3, -0.25) is 0 Å². The van der Waals surface area contributed by atoms with Crippen molar-refractivity contribution in [2.75, 3.05) is 0 Å². The predicted octanol–water partition coefficient (Wildman–Crippen LogP) is 2.79. The standard InChI is InChI=1S/3CF3.Al/c3*2-1(3)4;. The molecule has 0 saturated carbocycles. The molecule has 0 radical (unpaired) electrons. The van der Waals surface area contributed by atoms with E-state index in [1.807, 2.05) is 0 Å². The van der Waals surface area contributed by atoms with E-state index in [0.29, 0.717) is 0 Å². The maximum Gasteiger partial charge on any atom is 0.727 e. The van der Waals surface area contributed by atoms with Crippen LogP contribution in [0.3, 0.4) is 0 Å². The highest BCUT2D eigenvalue weighted by molar-refractivity contribution is 6.65. The average Bonchev–Trinajstić information content (AvgIpc) is 1.44. The van der Waals surface area contributed by atoms with Crippen molar-refractivity contribution in [3.8, 4) is 0 Å². The lowest BCUT2D eigenvalue weighted by molar-refractivity contribution is -0.151. The van der Waals surface area contributed by atoms with Crippen molar-refractivity contribution in [2.45, 2.75) is 15.1 Å². The van der Waals surface area contributed by atoms with Crippen LogP contribution >= 0.6 is 0 Å². The lowest BCUT2D eigenvalue weighted by Crippen LogP contribution is -2.57. The second kappa shape index (κ2) is 3.24. The van der Waals surface area contributed by atoms with Crippen LogP contribution in [0.1, 0.15) is 0 Å². The minimum atomic E-state index is -6.80. The van der Waals surface area contributed by atoms with Crippen molar-refractivity contribution in [3.05, 3.63) is 0 Å². The summed E-state index contributed by atoms with van der Waals surface area (Å²) in [7, 11) is 0. The summed E-state index contributed by atoms with van der Waals surface area (Å²) in [5.41, 5.74) is 0. The van der Waals surface area contributed by atoms with Crippen LogP contribution < -0.4 is 0 Å². The van der Waals surface area contributed by atoms with Crippen LogP contribution in [0.15, 0.2) is 0 Å². The third kappa shape index (κ3) is 3.64. The Kier molecular flexibility index (Phi) is 3.21. The zero-order chi connectivity index (χ0) is 11.1. The highest BCUT2D eigenvalue weighted by Gasteiger charge is 2.79. The van der Waals surface area contributed by atoms with Crippen LogP contribution in [0, 0.1) is 0 Å². The van der Waals surface area contributed by atoms with E-state index in [1.54, 1.807) is 0 Å². The first-order valence-electron chi connectivity index (χ1n) is 2.57. The molecule has 78 valence electrons. The Morgan fingerprint density at radius 2 is 0.615 bits per heavy atom. The van der Waals surface area contributed by atoms with Gasteiger partial charge in [-0.1, -0.05) is 0 Å². The van der Waals surface area contributed by atoms with Crippen molar-refractivity contribution in [1.29, 1.82) is 0 Å². The number of hydrogen-bond acceptors (Lipinski definition) is 0. The van der Waals surface area contributed by atoms with Gasteiger partial charge in [0.05, 0.1) is 0 Å². The smallest absolute Gasteiger partial charge is 0.190 e. The normalized spacial score (nSPS) is 14.5. The molecule has 0 N–H and O–H groups in total. The zero-order valence-corrected chi connectivity index (χ0v) is 6.63. The topological polar surface area (TPSA) is 0 Å². The molecule has 0 aliphatic heterocycles. The van der Waals surface area contributed by atoms with E-state index in [-0.39, 0.29) is 0 Å². The Labute approximate surface area is 69.7 Å². The van der Waals surface area contributed by atoms with Crippen molar-refractivity contribution in [1.82, 2.24) is 0 Å². The molecule has 0 aromatic carbocycles. The largest absolute Gasteiger partial charge is 0.727 e. The number of hydrogen-bond donors (Lipinski definition) is 0. The van der Waals surface area contributed by atoms with Gasteiger partial charge in [-0.25, -0.2) is 0 Å². The molecule has 0 saturated heterocycles. The zero-order valence-electron chi connectivity index (χ0n) is 5.48. The fourth-order valence-electron chi connectivity index (χ4n) is 0.557. The Morgan fingerprint density at radius 3 is 0.615 bits per heavy atom. The summed E-state index contributed by atoms with van der Waals surface area (Å²) in [6, 6.07) is 0. The molecule has 0 rings (SSSR count). The maximum atomic E-state index is 11.3. The third-order valence-corrected chi connectivity index (χ3v) is 2.95. The van der Waals surface area contributed by atoms with Gasteiger partial charge in [0, 0.05) is 0 Å². The molecule has 0 unspecified atom stereocenters. The molecule has 0 heterocycles. The van der Waals surface area contributed by atoms with Crippen molar-refractivity contribution in [3.63, 3.8) is 0 Å². The van der Waals surface area contributed by atoms with E-state index in [0.717, 1.165) is 0 Å². The molecule has 0 nitrogen and oxygen atoms in total.